The SMILES string of the molecule is O=c1[nH]c(Cc2cccnc2)nc2c1CCCC2. The summed E-state index contributed by atoms with van der Waals surface area (Å²) < 4.78 is 0. The molecule has 0 spiro atoms. The number of fused-ring (bicyclic) bond motifs is 1. The molecule has 2 heterocycles. The first-order chi connectivity index (χ1) is 8.83. The minimum Gasteiger partial charge on any atom is -0.310 e. The Balaban J connectivity index is 1.94. The highest BCUT2D eigenvalue weighted by Gasteiger charge is 2.15. The quantitative estimate of drug-likeness (QED) is 0.869. The fourth-order valence-corrected chi connectivity index (χ4v) is 2.43. The molecule has 0 aromatic carbocycles. The third-order valence-corrected chi connectivity index (χ3v) is 3.33. The summed E-state index contributed by atoms with van der Waals surface area (Å²) in [6.07, 6.45) is 8.21. The van der Waals surface area contributed by atoms with E-state index in [-0.39, 0.29) is 5.56 Å². The van der Waals surface area contributed by atoms with Gasteiger partial charge in [-0.1, -0.05) is 6.07 Å². The van der Waals surface area contributed by atoms with Crippen molar-refractivity contribution in [1.29, 1.82) is 0 Å². The van der Waals surface area contributed by atoms with Gasteiger partial charge in [0.15, 0.2) is 0 Å². The predicted molar refractivity (Wildman–Crippen MR) is 68.5 cm³/mol. The van der Waals surface area contributed by atoms with E-state index in [9.17, 15) is 4.79 Å². The van der Waals surface area contributed by atoms with Crippen molar-refractivity contribution in [3.05, 3.63) is 57.5 Å². The maximum absolute atomic E-state index is 12.0. The molecule has 92 valence electrons. The topological polar surface area (TPSA) is 58.6 Å². The predicted octanol–water partition coefficient (Wildman–Crippen LogP) is 1.63. The van der Waals surface area contributed by atoms with Crippen molar-refractivity contribution >= 4 is 0 Å². The van der Waals surface area contributed by atoms with Gasteiger partial charge in [0.05, 0.1) is 5.69 Å². The van der Waals surface area contributed by atoms with Crippen LogP contribution < -0.4 is 5.56 Å². The van der Waals surface area contributed by atoms with E-state index in [0.29, 0.717) is 6.42 Å². The van der Waals surface area contributed by atoms with Crippen LogP contribution in [0.25, 0.3) is 0 Å². The second-order valence-corrected chi connectivity index (χ2v) is 4.68. The number of hydrogen-bond donors (Lipinski definition) is 1. The number of H-pyrrole nitrogens is 1. The summed E-state index contributed by atoms with van der Waals surface area (Å²) in [7, 11) is 0. The number of aromatic amines is 1. The second kappa shape index (κ2) is 4.72. The zero-order valence-electron chi connectivity index (χ0n) is 10.1. The molecule has 4 nitrogen and oxygen atoms in total. The van der Waals surface area contributed by atoms with Gasteiger partial charge in [-0.3, -0.25) is 9.78 Å². The molecule has 0 fully saturated rings. The van der Waals surface area contributed by atoms with Crippen LogP contribution in [0, 0.1) is 0 Å². The number of nitrogens with one attached hydrogen (secondary N) is 1. The summed E-state index contributed by atoms with van der Waals surface area (Å²) in [6, 6.07) is 3.89. The van der Waals surface area contributed by atoms with Crippen molar-refractivity contribution in [2.45, 2.75) is 32.1 Å². The van der Waals surface area contributed by atoms with Crippen LogP contribution in [0.3, 0.4) is 0 Å². The van der Waals surface area contributed by atoms with Crippen LogP contribution in [0.15, 0.2) is 29.3 Å². The summed E-state index contributed by atoms with van der Waals surface area (Å²) in [6.45, 7) is 0. The lowest BCUT2D eigenvalue weighted by molar-refractivity contribution is 0.648. The van der Waals surface area contributed by atoms with E-state index in [2.05, 4.69) is 15.0 Å². The number of nitrogens with zero attached hydrogens (tertiary/aromatic N) is 2. The van der Waals surface area contributed by atoms with Crippen LogP contribution >= 0.6 is 0 Å². The van der Waals surface area contributed by atoms with Gasteiger partial charge in [0, 0.05) is 24.4 Å². The fraction of sp³-hybridized carbons (Fsp3) is 0.357. The largest absolute Gasteiger partial charge is 0.310 e. The van der Waals surface area contributed by atoms with Crippen LogP contribution in [0.1, 0.15) is 35.5 Å². The summed E-state index contributed by atoms with van der Waals surface area (Å²) >= 11 is 0. The van der Waals surface area contributed by atoms with Gasteiger partial charge < -0.3 is 4.98 Å². The minimum absolute atomic E-state index is 0.0404. The number of aromatic nitrogens is 3. The van der Waals surface area contributed by atoms with Gasteiger partial charge in [0.2, 0.25) is 0 Å². The lowest BCUT2D eigenvalue weighted by atomic mass is 9.97. The molecule has 0 aliphatic heterocycles. The van der Waals surface area contributed by atoms with Crippen molar-refractivity contribution < 1.29 is 0 Å². The van der Waals surface area contributed by atoms with Crippen molar-refractivity contribution in [1.82, 2.24) is 15.0 Å². The van der Waals surface area contributed by atoms with Crippen molar-refractivity contribution in [2.75, 3.05) is 0 Å². The molecular formula is C14H15N3O. The van der Waals surface area contributed by atoms with Gasteiger partial charge in [-0.25, -0.2) is 4.98 Å². The Labute approximate surface area is 105 Å². The van der Waals surface area contributed by atoms with E-state index in [1.807, 2.05) is 12.1 Å². The van der Waals surface area contributed by atoms with Crippen LogP contribution in [-0.2, 0) is 19.3 Å². The Morgan fingerprint density at radius 1 is 1.28 bits per heavy atom. The van der Waals surface area contributed by atoms with Gasteiger partial charge in [-0.2, -0.15) is 0 Å². The number of rotatable bonds is 2. The summed E-state index contributed by atoms with van der Waals surface area (Å²) in [5, 5.41) is 0. The Morgan fingerprint density at radius 3 is 3.00 bits per heavy atom. The molecule has 0 atom stereocenters. The summed E-state index contributed by atoms with van der Waals surface area (Å²) in [4.78, 5) is 23.5. The lowest BCUT2D eigenvalue weighted by Crippen LogP contribution is -2.23. The molecule has 0 radical (unpaired) electrons. The van der Waals surface area contributed by atoms with Gasteiger partial charge in [-0.15, -0.1) is 0 Å². The molecule has 3 rings (SSSR count). The highest BCUT2D eigenvalue weighted by molar-refractivity contribution is 5.22. The number of hydrogen-bond acceptors (Lipinski definition) is 3. The van der Waals surface area contributed by atoms with Crippen LogP contribution in [0.5, 0.6) is 0 Å². The first-order valence-corrected chi connectivity index (χ1v) is 6.33. The zero-order chi connectivity index (χ0) is 12.4. The normalized spacial score (nSPS) is 14.2. The molecule has 1 N–H and O–H groups in total. The van der Waals surface area contributed by atoms with E-state index >= 15 is 0 Å². The van der Waals surface area contributed by atoms with Crippen molar-refractivity contribution in [3.8, 4) is 0 Å². The monoisotopic (exact) mass is 241 g/mol. The number of pyridine rings is 1. The molecule has 1 aliphatic carbocycles. The Kier molecular flexibility index (Phi) is 2.92. The molecule has 2 aromatic rings. The number of aryl methyl sites for hydroxylation is 1. The first kappa shape index (κ1) is 11.1. The molecule has 0 bridgehead atoms. The van der Waals surface area contributed by atoms with E-state index in [0.717, 1.165) is 48.3 Å². The smallest absolute Gasteiger partial charge is 0.254 e. The zero-order valence-corrected chi connectivity index (χ0v) is 10.1. The molecule has 0 saturated heterocycles. The van der Waals surface area contributed by atoms with Crippen LogP contribution in [-0.4, -0.2) is 15.0 Å². The fourth-order valence-electron chi connectivity index (χ4n) is 2.43. The summed E-state index contributed by atoms with van der Waals surface area (Å²) in [5.74, 6) is 0.744. The molecule has 4 heteroatoms. The Morgan fingerprint density at radius 2 is 2.17 bits per heavy atom. The third kappa shape index (κ3) is 2.18. The Bertz CT molecular complexity index is 604. The van der Waals surface area contributed by atoms with E-state index in [1.165, 1.54) is 0 Å². The van der Waals surface area contributed by atoms with Crippen LogP contribution in [0.2, 0.25) is 0 Å². The summed E-state index contributed by atoms with van der Waals surface area (Å²) in [5.41, 5.74) is 2.98. The third-order valence-electron chi connectivity index (χ3n) is 3.33. The first-order valence-electron chi connectivity index (χ1n) is 6.33. The standard InChI is InChI=1S/C14H15N3O/c18-14-11-5-1-2-6-12(11)16-13(17-14)8-10-4-3-7-15-9-10/h3-4,7,9H,1-2,5-6,8H2,(H,16,17,18). The maximum atomic E-state index is 12.0. The molecule has 0 saturated carbocycles. The van der Waals surface area contributed by atoms with Gasteiger partial charge in [0.25, 0.3) is 5.56 Å². The maximum Gasteiger partial charge on any atom is 0.254 e. The van der Waals surface area contributed by atoms with Crippen LogP contribution in [0.4, 0.5) is 0 Å². The second-order valence-electron chi connectivity index (χ2n) is 4.68. The van der Waals surface area contributed by atoms with Crippen molar-refractivity contribution in [3.63, 3.8) is 0 Å². The minimum atomic E-state index is 0.0404. The van der Waals surface area contributed by atoms with E-state index in [4.69, 9.17) is 0 Å². The highest BCUT2D eigenvalue weighted by atomic mass is 16.1. The average Bonchev–Trinajstić information content (AvgIpc) is 2.40. The highest BCUT2D eigenvalue weighted by Crippen LogP contribution is 2.16. The van der Waals surface area contributed by atoms with Gasteiger partial charge in [-0.05, 0) is 37.3 Å². The lowest BCUT2D eigenvalue weighted by Gasteiger charge is -2.14. The average molecular weight is 241 g/mol. The van der Waals surface area contributed by atoms with E-state index in [1.54, 1.807) is 12.4 Å². The van der Waals surface area contributed by atoms with Crippen molar-refractivity contribution in [2.24, 2.45) is 0 Å². The molecule has 0 unspecified atom stereocenters. The van der Waals surface area contributed by atoms with Gasteiger partial charge >= 0.3 is 0 Å². The molecule has 18 heavy (non-hydrogen) atoms. The molecule has 1 aliphatic rings. The Hall–Kier alpha value is -1.97. The molecule has 2 aromatic heterocycles. The van der Waals surface area contributed by atoms with Gasteiger partial charge in [0.1, 0.15) is 5.82 Å². The molecular weight excluding hydrogens is 226 g/mol. The van der Waals surface area contributed by atoms with E-state index < -0.39 is 0 Å². The molecule has 0 amide bonds.